The first kappa shape index (κ1) is 21.0. The average molecular weight is 412 g/mol. The first-order valence-electron chi connectivity index (χ1n) is 9.75. The normalized spacial score (nSPS) is 16.3. The highest BCUT2D eigenvalue weighted by atomic mass is 35.5. The van der Waals surface area contributed by atoms with Crippen LogP contribution in [-0.2, 0) is 6.42 Å². The molecule has 29 heavy (non-hydrogen) atoms. The van der Waals surface area contributed by atoms with Gasteiger partial charge in [0, 0.05) is 30.8 Å². The number of hydrogen-bond acceptors (Lipinski definition) is 4. The summed E-state index contributed by atoms with van der Waals surface area (Å²) in [6.45, 7) is 6.29. The first-order valence-corrected chi connectivity index (χ1v) is 9.75. The molecule has 4 rings (SSSR count). The van der Waals surface area contributed by atoms with Crippen LogP contribution in [0.5, 0.6) is 0 Å². The maximum Gasteiger partial charge on any atom is 0.254 e. The molecule has 0 bridgehead atoms. The number of amides is 1. The Morgan fingerprint density at radius 2 is 1.86 bits per heavy atom. The van der Waals surface area contributed by atoms with E-state index in [0.717, 1.165) is 30.9 Å². The maximum atomic E-state index is 13.2. The molecule has 1 unspecified atom stereocenters. The molecule has 1 fully saturated rings. The summed E-state index contributed by atoms with van der Waals surface area (Å²) in [4.78, 5) is 19.5. The van der Waals surface area contributed by atoms with E-state index in [2.05, 4.69) is 51.7 Å². The summed E-state index contributed by atoms with van der Waals surface area (Å²) in [5, 5.41) is 10.4. The molecule has 7 heteroatoms. The Morgan fingerprint density at radius 1 is 1.14 bits per heavy atom. The molecular formula is C22H26ClN5O. The van der Waals surface area contributed by atoms with Gasteiger partial charge in [0.15, 0.2) is 5.82 Å². The molecule has 1 amide bonds. The van der Waals surface area contributed by atoms with E-state index in [1.54, 1.807) is 0 Å². The molecule has 2 heterocycles. The molecule has 3 aromatic rings. The van der Waals surface area contributed by atoms with Crippen molar-refractivity contribution in [2.75, 3.05) is 19.6 Å². The molecule has 0 saturated carbocycles. The molecule has 152 valence electrons. The summed E-state index contributed by atoms with van der Waals surface area (Å²) in [6, 6.07) is 16.2. The lowest BCUT2D eigenvalue weighted by atomic mass is 9.99. The predicted octanol–water partition coefficient (Wildman–Crippen LogP) is 3.55. The minimum Gasteiger partial charge on any atom is -0.329 e. The predicted molar refractivity (Wildman–Crippen MR) is 116 cm³/mol. The van der Waals surface area contributed by atoms with Crippen LogP contribution >= 0.6 is 12.4 Å². The number of nitrogens with one attached hydrogen (secondary N) is 2. The van der Waals surface area contributed by atoms with Crippen LogP contribution in [-0.4, -0.2) is 45.6 Å². The minimum absolute atomic E-state index is 0. The second kappa shape index (κ2) is 9.20. The van der Waals surface area contributed by atoms with Crippen molar-refractivity contribution < 1.29 is 4.79 Å². The standard InChI is InChI=1S/C22H25N5O.ClH/c1-3-16-4-6-17(7-5-16)20-14-23-12-13-27(20)22(28)19-10-8-18(9-11-19)21-24-15(2)25-26-21;/h4-11,20,23H,3,12-14H2,1-2H3,(H,24,25,26);1H. The van der Waals surface area contributed by atoms with Crippen molar-refractivity contribution in [2.24, 2.45) is 0 Å². The van der Waals surface area contributed by atoms with Crippen LogP contribution in [0.2, 0.25) is 0 Å². The number of piperazine rings is 1. The Kier molecular flexibility index (Phi) is 6.67. The second-order valence-corrected chi connectivity index (χ2v) is 7.14. The fourth-order valence-electron chi connectivity index (χ4n) is 3.62. The summed E-state index contributed by atoms with van der Waals surface area (Å²) in [6.07, 6.45) is 1.02. The molecule has 1 aromatic heterocycles. The van der Waals surface area contributed by atoms with Crippen LogP contribution in [0.15, 0.2) is 48.5 Å². The van der Waals surface area contributed by atoms with Crippen molar-refractivity contribution in [2.45, 2.75) is 26.3 Å². The molecular weight excluding hydrogens is 386 g/mol. The van der Waals surface area contributed by atoms with Crippen molar-refractivity contribution in [1.82, 2.24) is 25.4 Å². The zero-order valence-electron chi connectivity index (χ0n) is 16.7. The van der Waals surface area contributed by atoms with E-state index < -0.39 is 0 Å². The number of aromatic nitrogens is 3. The lowest BCUT2D eigenvalue weighted by Crippen LogP contribution is -2.48. The Hall–Kier alpha value is -2.70. The van der Waals surface area contributed by atoms with Crippen molar-refractivity contribution >= 4 is 18.3 Å². The molecule has 1 saturated heterocycles. The van der Waals surface area contributed by atoms with E-state index in [1.165, 1.54) is 11.1 Å². The molecule has 1 atom stereocenters. The summed E-state index contributed by atoms with van der Waals surface area (Å²) >= 11 is 0. The zero-order valence-corrected chi connectivity index (χ0v) is 17.5. The van der Waals surface area contributed by atoms with Crippen LogP contribution < -0.4 is 5.32 Å². The number of aryl methyl sites for hydroxylation is 2. The fourth-order valence-corrected chi connectivity index (χ4v) is 3.62. The highest BCUT2D eigenvalue weighted by Gasteiger charge is 2.28. The summed E-state index contributed by atoms with van der Waals surface area (Å²) in [5.74, 6) is 1.48. The highest BCUT2D eigenvalue weighted by molar-refractivity contribution is 5.95. The van der Waals surface area contributed by atoms with Gasteiger partial charge < -0.3 is 10.2 Å². The van der Waals surface area contributed by atoms with E-state index in [0.29, 0.717) is 17.9 Å². The molecule has 2 N–H and O–H groups in total. The molecule has 0 aliphatic carbocycles. The Bertz CT molecular complexity index is 952. The highest BCUT2D eigenvalue weighted by Crippen LogP contribution is 2.25. The molecule has 0 radical (unpaired) electrons. The monoisotopic (exact) mass is 411 g/mol. The topological polar surface area (TPSA) is 73.9 Å². The van der Waals surface area contributed by atoms with Crippen LogP contribution in [0, 0.1) is 6.92 Å². The van der Waals surface area contributed by atoms with Gasteiger partial charge in [0.1, 0.15) is 5.82 Å². The van der Waals surface area contributed by atoms with Crippen LogP contribution in [0.1, 0.15) is 40.3 Å². The van der Waals surface area contributed by atoms with Crippen molar-refractivity contribution in [3.63, 3.8) is 0 Å². The number of nitrogens with zero attached hydrogens (tertiary/aromatic N) is 3. The van der Waals surface area contributed by atoms with Crippen molar-refractivity contribution in [1.29, 1.82) is 0 Å². The Labute approximate surface area is 177 Å². The number of aromatic amines is 1. The largest absolute Gasteiger partial charge is 0.329 e. The third-order valence-electron chi connectivity index (χ3n) is 5.26. The zero-order chi connectivity index (χ0) is 19.5. The van der Waals surface area contributed by atoms with Gasteiger partial charge in [0.05, 0.1) is 6.04 Å². The number of benzene rings is 2. The van der Waals surface area contributed by atoms with Gasteiger partial charge in [-0.1, -0.05) is 43.3 Å². The van der Waals surface area contributed by atoms with Gasteiger partial charge >= 0.3 is 0 Å². The van der Waals surface area contributed by atoms with E-state index in [4.69, 9.17) is 0 Å². The molecule has 6 nitrogen and oxygen atoms in total. The quantitative estimate of drug-likeness (QED) is 0.688. The van der Waals surface area contributed by atoms with Crippen LogP contribution in [0.3, 0.4) is 0 Å². The SMILES string of the molecule is CCc1ccc(C2CNCCN2C(=O)c2ccc(-c3n[nH]c(C)n3)cc2)cc1.Cl. The van der Waals surface area contributed by atoms with Gasteiger partial charge in [-0.15, -0.1) is 12.4 Å². The molecule has 2 aromatic carbocycles. The van der Waals surface area contributed by atoms with Gasteiger partial charge in [-0.25, -0.2) is 4.98 Å². The van der Waals surface area contributed by atoms with Gasteiger partial charge in [0.25, 0.3) is 5.91 Å². The van der Waals surface area contributed by atoms with E-state index >= 15 is 0 Å². The molecule has 0 spiro atoms. The Morgan fingerprint density at radius 3 is 2.48 bits per heavy atom. The van der Waals surface area contributed by atoms with Gasteiger partial charge in [-0.2, -0.15) is 5.10 Å². The molecule has 1 aliphatic heterocycles. The third-order valence-corrected chi connectivity index (χ3v) is 5.26. The minimum atomic E-state index is 0. The number of hydrogen-bond donors (Lipinski definition) is 2. The van der Waals surface area contributed by atoms with E-state index in [9.17, 15) is 4.79 Å². The fraction of sp³-hybridized carbons (Fsp3) is 0.318. The number of halogens is 1. The maximum absolute atomic E-state index is 13.2. The number of H-pyrrole nitrogens is 1. The summed E-state index contributed by atoms with van der Waals surface area (Å²) in [7, 11) is 0. The van der Waals surface area contributed by atoms with Crippen molar-refractivity contribution in [3.05, 3.63) is 71.0 Å². The summed E-state index contributed by atoms with van der Waals surface area (Å²) < 4.78 is 0. The van der Waals surface area contributed by atoms with E-state index in [1.807, 2.05) is 36.1 Å². The van der Waals surface area contributed by atoms with Gasteiger partial charge in [0.2, 0.25) is 0 Å². The van der Waals surface area contributed by atoms with Crippen LogP contribution in [0.4, 0.5) is 0 Å². The summed E-state index contributed by atoms with van der Waals surface area (Å²) in [5.41, 5.74) is 4.06. The lowest BCUT2D eigenvalue weighted by Gasteiger charge is -2.36. The average Bonchev–Trinajstić information content (AvgIpc) is 3.20. The Balaban J connectivity index is 0.00000240. The number of carbonyl (C=O) groups excluding carboxylic acids is 1. The van der Waals surface area contributed by atoms with Gasteiger partial charge in [-0.05, 0) is 36.6 Å². The number of carbonyl (C=O) groups is 1. The van der Waals surface area contributed by atoms with E-state index in [-0.39, 0.29) is 24.4 Å². The van der Waals surface area contributed by atoms with Crippen LogP contribution in [0.25, 0.3) is 11.4 Å². The van der Waals surface area contributed by atoms with Gasteiger partial charge in [-0.3, -0.25) is 9.89 Å². The first-order chi connectivity index (χ1) is 13.7. The second-order valence-electron chi connectivity index (χ2n) is 7.14. The third kappa shape index (κ3) is 4.49. The number of rotatable bonds is 4. The smallest absolute Gasteiger partial charge is 0.254 e. The molecule has 1 aliphatic rings. The lowest BCUT2D eigenvalue weighted by molar-refractivity contribution is 0.0634. The van der Waals surface area contributed by atoms with Crippen molar-refractivity contribution in [3.8, 4) is 11.4 Å².